The molecule has 1 aliphatic heterocycles. The Morgan fingerprint density at radius 1 is 1.03 bits per heavy atom. The number of benzene rings is 1. The number of rotatable bonds is 7. The Kier molecular flexibility index (Phi) is 7.38. The van der Waals surface area contributed by atoms with Crippen molar-refractivity contribution in [3.8, 4) is 0 Å². The number of aromatic nitrogens is 1. The van der Waals surface area contributed by atoms with Crippen LogP contribution in [-0.2, 0) is 16.0 Å². The average Bonchev–Trinajstić information content (AvgIpc) is 3.38. The molecule has 6 nitrogen and oxygen atoms in total. The molecule has 3 heterocycles. The molecule has 0 saturated carbocycles. The van der Waals surface area contributed by atoms with Gasteiger partial charge in [-0.1, -0.05) is 31.0 Å². The van der Waals surface area contributed by atoms with Gasteiger partial charge in [0.15, 0.2) is 0 Å². The lowest BCUT2D eigenvalue weighted by Gasteiger charge is -2.30. The number of para-hydroxylation sites is 1. The Labute approximate surface area is 187 Å². The Morgan fingerprint density at radius 2 is 1.81 bits per heavy atom. The normalized spacial score (nSPS) is 16.0. The number of carbonyl (C=O) groups is 2. The van der Waals surface area contributed by atoms with Crippen molar-refractivity contribution in [3.63, 3.8) is 0 Å². The van der Waals surface area contributed by atoms with Crippen molar-refractivity contribution in [1.29, 1.82) is 0 Å². The smallest absolute Gasteiger partial charge is 0.309 e. The van der Waals surface area contributed by atoms with E-state index in [4.69, 9.17) is 0 Å². The first-order valence-corrected chi connectivity index (χ1v) is 12.0. The molecule has 0 bridgehead atoms. The van der Waals surface area contributed by atoms with E-state index in [9.17, 15) is 9.59 Å². The van der Waals surface area contributed by atoms with E-state index in [0.717, 1.165) is 29.6 Å². The zero-order valence-corrected chi connectivity index (χ0v) is 18.5. The second-order valence-corrected chi connectivity index (χ2v) is 8.88. The van der Waals surface area contributed by atoms with Crippen LogP contribution in [-0.4, -0.2) is 47.9 Å². The van der Waals surface area contributed by atoms with Crippen molar-refractivity contribution in [2.75, 3.05) is 26.2 Å². The second kappa shape index (κ2) is 10.6. The lowest BCUT2D eigenvalue weighted by atomic mass is 10.1. The number of aromatic amines is 1. The summed E-state index contributed by atoms with van der Waals surface area (Å²) in [5, 5.41) is 11.0. The monoisotopic (exact) mass is 438 g/mol. The topological polar surface area (TPSA) is 77.2 Å². The molecule has 31 heavy (non-hydrogen) atoms. The number of hydrogen-bond donors (Lipinski definition) is 3. The molecule has 0 spiro atoms. The van der Waals surface area contributed by atoms with E-state index < -0.39 is 11.8 Å². The van der Waals surface area contributed by atoms with Gasteiger partial charge in [0.25, 0.3) is 0 Å². The van der Waals surface area contributed by atoms with Crippen LogP contribution in [0.2, 0.25) is 0 Å². The van der Waals surface area contributed by atoms with Gasteiger partial charge in [-0.25, -0.2) is 0 Å². The van der Waals surface area contributed by atoms with Crippen LogP contribution in [0.15, 0.2) is 47.3 Å². The van der Waals surface area contributed by atoms with Gasteiger partial charge in [0, 0.05) is 30.2 Å². The zero-order valence-electron chi connectivity index (χ0n) is 17.7. The number of nitrogens with one attached hydrogen (secondary N) is 3. The van der Waals surface area contributed by atoms with Crippen molar-refractivity contribution in [1.82, 2.24) is 20.5 Å². The highest BCUT2D eigenvalue weighted by molar-refractivity contribution is 7.08. The fraction of sp³-hybridized carbons (Fsp3) is 0.417. The minimum absolute atomic E-state index is 0.118. The lowest BCUT2D eigenvalue weighted by Crippen LogP contribution is -2.44. The molecule has 3 aromatic rings. The minimum Gasteiger partial charge on any atom is -0.361 e. The van der Waals surface area contributed by atoms with Crippen LogP contribution in [0.3, 0.4) is 0 Å². The first kappa shape index (κ1) is 21.6. The van der Waals surface area contributed by atoms with Gasteiger partial charge in [-0.3, -0.25) is 14.5 Å². The Hall–Kier alpha value is -2.64. The Balaban J connectivity index is 1.28. The predicted molar refractivity (Wildman–Crippen MR) is 125 cm³/mol. The van der Waals surface area contributed by atoms with E-state index in [1.807, 2.05) is 24.4 Å². The minimum atomic E-state index is -0.570. The fourth-order valence-electron chi connectivity index (χ4n) is 4.33. The summed E-state index contributed by atoms with van der Waals surface area (Å²) in [5.41, 5.74) is 3.43. The molecule has 0 radical (unpaired) electrons. The number of amides is 2. The van der Waals surface area contributed by atoms with E-state index in [2.05, 4.69) is 43.4 Å². The maximum Gasteiger partial charge on any atom is 0.309 e. The molecule has 164 valence electrons. The third-order valence-electron chi connectivity index (χ3n) is 6.03. The first-order valence-electron chi connectivity index (χ1n) is 11.1. The lowest BCUT2D eigenvalue weighted by molar-refractivity contribution is -0.139. The number of carbonyl (C=O) groups excluding carboxylic acids is 2. The molecule has 1 saturated heterocycles. The molecule has 2 aromatic heterocycles. The summed E-state index contributed by atoms with van der Waals surface area (Å²) in [5.74, 6) is -1.13. The van der Waals surface area contributed by atoms with Crippen LogP contribution >= 0.6 is 11.3 Å². The number of fused-ring (bicyclic) bond motifs is 1. The van der Waals surface area contributed by atoms with E-state index in [-0.39, 0.29) is 6.04 Å². The second-order valence-electron chi connectivity index (χ2n) is 8.10. The molecule has 1 atom stereocenters. The molecule has 7 heteroatoms. The van der Waals surface area contributed by atoms with Gasteiger partial charge in [0.05, 0.1) is 6.04 Å². The third-order valence-corrected chi connectivity index (χ3v) is 6.73. The van der Waals surface area contributed by atoms with Crippen LogP contribution in [0.25, 0.3) is 10.9 Å². The van der Waals surface area contributed by atoms with E-state index >= 15 is 0 Å². The fourth-order valence-corrected chi connectivity index (χ4v) is 5.04. The standard InChI is InChI=1S/C24H30N4O2S/c29-23(25-11-9-18-15-26-21-8-4-3-7-20(18)21)24(30)27-16-22(19-10-14-31-17-19)28-12-5-1-2-6-13-28/h3-4,7-8,10,14-15,17,22,26H,1-2,5-6,9,11-13,16H2,(H,25,29)(H,27,30). The summed E-state index contributed by atoms with van der Waals surface area (Å²) in [6, 6.07) is 10.3. The Morgan fingerprint density at radius 3 is 2.58 bits per heavy atom. The van der Waals surface area contributed by atoms with E-state index in [1.165, 1.54) is 31.2 Å². The highest BCUT2D eigenvalue weighted by atomic mass is 32.1. The van der Waals surface area contributed by atoms with Gasteiger partial charge in [-0.2, -0.15) is 11.3 Å². The molecule has 0 aliphatic carbocycles. The molecule has 2 amide bonds. The highest BCUT2D eigenvalue weighted by Crippen LogP contribution is 2.25. The van der Waals surface area contributed by atoms with Crippen LogP contribution in [0, 0.1) is 0 Å². The zero-order chi connectivity index (χ0) is 21.5. The van der Waals surface area contributed by atoms with Crippen molar-refractivity contribution in [2.24, 2.45) is 0 Å². The van der Waals surface area contributed by atoms with E-state index in [1.54, 1.807) is 11.3 Å². The van der Waals surface area contributed by atoms with Crippen LogP contribution in [0.4, 0.5) is 0 Å². The molecule has 1 unspecified atom stereocenters. The van der Waals surface area contributed by atoms with Crippen molar-refractivity contribution in [3.05, 3.63) is 58.4 Å². The number of H-pyrrole nitrogens is 1. The van der Waals surface area contributed by atoms with Crippen LogP contribution < -0.4 is 10.6 Å². The molecule has 3 N–H and O–H groups in total. The summed E-state index contributed by atoms with van der Waals surface area (Å²) in [6.45, 7) is 2.94. The average molecular weight is 439 g/mol. The third kappa shape index (κ3) is 5.54. The van der Waals surface area contributed by atoms with Crippen LogP contribution in [0.1, 0.15) is 42.9 Å². The number of hydrogen-bond acceptors (Lipinski definition) is 4. The van der Waals surface area contributed by atoms with Gasteiger partial charge in [0.1, 0.15) is 0 Å². The van der Waals surface area contributed by atoms with Gasteiger partial charge in [0.2, 0.25) is 0 Å². The SMILES string of the molecule is O=C(NCCc1c[nH]c2ccccc12)C(=O)NCC(c1ccsc1)N1CCCCCC1. The largest absolute Gasteiger partial charge is 0.361 e. The molecular formula is C24H30N4O2S. The number of likely N-dealkylation sites (tertiary alicyclic amines) is 1. The highest BCUT2D eigenvalue weighted by Gasteiger charge is 2.23. The maximum absolute atomic E-state index is 12.4. The molecule has 1 aliphatic rings. The van der Waals surface area contributed by atoms with Crippen LogP contribution in [0.5, 0.6) is 0 Å². The molecule has 1 fully saturated rings. The molecule has 1 aromatic carbocycles. The summed E-state index contributed by atoms with van der Waals surface area (Å²) >= 11 is 1.67. The summed E-state index contributed by atoms with van der Waals surface area (Å²) in [4.78, 5) is 30.4. The number of nitrogens with zero attached hydrogens (tertiary/aromatic N) is 1. The summed E-state index contributed by atoms with van der Waals surface area (Å²) < 4.78 is 0. The van der Waals surface area contributed by atoms with Gasteiger partial charge >= 0.3 is 11.8 Å². The quantitative estimate of drug-likeness (QED) is 0.493. The van der Waals surface area contributed by atoms with Gasteiger partial charge in [-0.05, 0) is 66.4 Å². The summed E-state index contributed by atoms with van der Waals surface area (Å²) in [6.07, 6.45) is 7.53. The van der Waals surface area contributed by atoms with E-state index in [0.29, 0.717) is 19.5 Å². The van der Waals surface area contributed by atoms with Gasteiger partial charge < -0.3 is 15.6 Å². The van der Waals surface area contributed by atoms with Crippen molar-refractivity contribution in [2.45, 2.75) is 38.1 Å². The molecule has 4 rings (SSSR count). The predicted octanol–water partition coefficient (Wildman–Crippen LogP) is 3.62. The van der Waals surface area contributed by atoms with Crippen molar-refractivity contribution < 1.29 is 9.59 Å². The van der Waals surface area contributed by atoms with Gasteiger partial charge in [-0.15, -0.1) is 0 Å². The molecular weight excluding hydrogens is 408 g/mol. The first-order chi connectivity index (χ1) is 15.2. The number of thiophene rings is 1. The van der Waals surface area contributed by atoms with Crippen molar-refractivity contribution >= 4 is 34.1 Å². The maximum atomic E-state index is 12.4. The Bertz CT molecular complexity index is 990. The summed E-state index contributed by atoms with van der Waals surface area (Å²) in [7, 11) is 0.